The molecule has 0 fully saturated rings. The average Bonchev–Trinajstić information content (AvgIpc) is 3.20. The zero-order valence-corrected chi connectivity index (χ0v) is 19.6. The van der Waals surface area contributed by atoms with Crippen LogP contribution in [0, 0.1) is 13.8 Å². The van der Waals surface area contributed by atoms with Gasteiger partial charge in [0.05, 0.1) is 5.69 Å². The van der Waals surface area contributed by atoms with Crippen molar-refractivity contribution < 1.29 is 0 Å². The van der Waals surface area contributed by atoms with Crippen molar-refractivity contribution in [1.29, 1.82) is 0 Å². The molecular formula is C31H26ClN. The van der Waals surface area contributed by atoms with Crippen LogP contribution >= 0.6 is 11.6 Å². The summed E-state index contributed by atoms with van der Waals surface area (Å²) >= 11 is 6.48. The predicted octanol–water partition coefficient (Wildman–Crippen LogP) is 8.95. The normalized spacial score (nSPS) is 12.5. The summed E-state index contributed by atoms with van der Waals surface area (Å²) in [4.78, 5) is 3.69. The third kappa shape index (κ3) is 4.51. The van der Waals surface area contributed by atoms with Crippen molar-refractivity contribution in [2.45, 2.75) is 19.8 Å². The number of halogens is 1. The van der Waals surface area contributed by atoms with E-state index < -0.39 is 0 Å². The highest BCUT2D eigenvalue weighted by molar-refractivity contribution is 6.31. The first-order valence-electron chi connectivity index (χ1n) is 11.3. The summed E-state index contributed by atoms with van der Waals surface area (Å²) in [7, 11) is 0. The van der Waals surface area contributed by atoms with E-state index in [4.69, 9.17) is 11.6 Å². The Morgan fingerprint density at radius 3 is 2.12 bits per heavy atom. The molecule has 0 aliphatic heterocycles. The zero-order valence-electron chi connectivity index (χ0n) is 18.8. The number of fused-ring (bicyclic) bond motifs is 1. The van der Waals surface area contributed by atoms with Gasteiger partial charge in [-0.3, -0.25) is 0 Å². The van der Waals surface area contributed by atoms with E-state index in [0.717, 1.165) is 21.6 Å². The van der Waals surface area contributed by atoms with Gasteiger partial charge in [0, 0.05) is 21.8 Å². The van der Waals surface area contributed by atoms with Gasteiger partial charge in [0.2, 0.25) is 0 Å². The fourth-order valence-corrected chi connectivity index (χ4v) is 4.55. The number of benzene rings is 4. The van der Waals surface area contributed by atoms with E-state index in [2.05, 4.69) is 116 Å². The fraction of sp³-hybridized carbons (Fsp3) is 0.0968. The van der Waals surface area contributed by atoms with Crippen molar-refractivity contribution in [3.63, 3.8) is 0 Å². The second-order valence-corrected chi connectivity index (χ2v) is 9.06. The van der Waals surface area contributed by atoms with E-state index in [1.54, 1.807) is 0 Å². The first-order chi connectivity index (χ1) is 16.1. The highest BCUT2D eigenvalue weighted by Gasteiger charge is 2.22. The smallest absolute Gasteiger partial charge is 0.0506 e. The maximum absolute atomic E-state index is 6.48. The monoisotopic (exact) mass is 447 g/mol. The van der Waals surface area contributed by atoms with Crippen LogP contribution in [0.4, 0.5) is 0 Å². The predicted molar refractivity (Wildman–Crippen MR) is 142 cm³/mol. The van der Waals surface area contributed by atoms with Gasteiger partial charge in [-0.05, 0) is 54.3 Å². The minimum Gasteiger partial charge on any atom is -0.354 e. The molecule has 0 amide bonds. The molecule has 33 heavy (non-hydrogen) atoms. The molecule has 0 aliphatic carbocycles. The van der Waals surface area contributed by atoms with Gasteiger partial charge >= 0.3 is 0 Å². The van der Waals surface area contributed by atoms with E-state index in [9.17, 15) is 0 Å². The van der Waals surface area contributed by atoms with Crippen molar-refractivity contribution in [2.75, 3.05) is 0 Å². The van der Waals surface area contributed by atoms with Gasteiger partial charge in [0.1, 0.15) is 0 Å². The number of allylic oxidation sites excluding steroid dienone is 1. The highest BCUT2D eigenvalue weighted by Crippen LogP contribution is 2.40. The largest absolute Gasteiger partial charge is 0.354 e. The van der Waals surface area contributed by atoms with E-state index in [0.29, 0.717) is 0 Å². The number of hydrogen-bond donors (Lipinski definition) is 1. The van der Waals surface area contributed by atoms with Crippen molar-refractivity contribution in [3.05, 3.63) is 136 Å². The number of hydrogen-bond acceptors (Lipinski definition) is 0. The molecule has 1 N–H and O–H groups in total. The van der Waals surface area contributed by atoms with Gasteiger partial charge in [-0.1, -0.05) is 114 Å². The first kappa shape index (κ1) is 21.3. The summed E-state index contributed by atoms with van der Waals surface area (Å²) in [6, 6.07) is 34.1. The molecule has 162 valence electrons. The van der Waals surface area contributed by atoms with Crippen LogP contribution in [0.1, 0.15) is 33.7 Å². The Hall–Kier alpha value is -3.55. The zero-order chi connectivity index (χ0) is 22.8. The molecule has 4 aromatic carbocycles. The lowest BCUT2D eigenvalue weighted by molar-refractivity contribution is 1.04. The molecule has 0 aliphatic rings. The minimum absolute atomic E-state index is 0.0642. The highest BCUT2D eigenvalue weighted by atomic mass is 35.5. The van der Waals surface area contributed by atoms with Crippen LogP contribution in [-0.4, -0.2) is 4.98 Å². The van der Waals surface area contributed by atoms with Crippen LogP contribution in [0.2, 0.25) is 5.02 Å². The molecular weight excluding hydrogens is 422 g/mol. The SMILES string of the molecule is Cc1ccc(-c2[nH]c3ccc(Cl)cc3c2C(/C=C/c2ccccc2)c2ccc(C)cc2)cc1. The molecule has 0 spiro atoms. The minimum atomic E-state index is 0.0642. The van der Waals surface area contributed by atoms with E-state index in [1.807, 2.05) is 12.1 Å². The van der Waals surface area contributed by atoms with Crippen LogP contribution < -0.4 is 0 Å². The standard InChI is InChI=1S/C31H26ClN/c1-21-8-13-24(14-9-21)27(18-12-23-6-4-3-5-7-23)30-28-20-26(32)17-19-29(28)33-31(30)25-15-10-22(2)11-16-25/h3-20,27,33H,1-2H3/b18-12+. The van der Waals surface area contributed by atoms with Gasteiger partial charge in [-0.2, -0.15) is 0 Å². The Kier molecular flexibility index (Phi) is 5.90. The quantitative estimate of drug-likeness (QED) is 0.276. The topological polar surface area (TPSA) is 15.8 Å². The lowest BCUT2D eigenvalue weighted by atomic mass is 9.86. The van der Waals surface area contributed by atoms with Gasteiger partial charge in [-0.25, -0.2) is 0 Å². The number of rotatable bonds is 5. The summed E-state index contributed by atoms with van der Waals surface area (Å²) in [5.74, 6) is 0.0642. The Morgan fingerprint density at radius 2 is 1.42 bits per heavy atom. The molecule has 0 saturated carbocycles. The molecule has 0 radical (unpaired) electrons. The summed E-state index contributed by atoms with van der Waals surface area (Å²) in [6.45, 7) is 4.25. The molecule has 0 bridgehead atoms. The van der Waals surface area contributed by atoms with E-state index >= 15 is 0 Å². The molecule has 2 heteroatoms. The van der Waals surface area contributed by atoms with Crippen LogP contribution in [0.3, 0.4) is 0 Å². The average molecular weight is 448 g/mol. The molecule has 1 nitrogen and oxygen atoms in total. The van der Waals surface area contributed by atoms with Gasteiger partial charge in [0.25, 0.3) is 0 Å². The molecule has 5 aromatic rings. The third-order valence-corrected chi connectivity index (χ3v) is 6.40. The van der Waals surface area contributed by atoms with Gasteiger partial charge in [0.15, 0.2) is 0 Å². The fourth-order valence-electron chi connectivity index (χ4n) is 4.38. The van der Waals surface area contributed by atoms with Crippen LogP contribution in [-0.2, 0) is 0 Å². The molecule has 1 atom stereocenters. The molecule has 1 unspecified atom stereocenters. The molecule has 0 saturated heterocycles. The maximum atomic E-state index is 6.48. The maximum Gasteiger partial charge on any atom is 0.0506 e. The van der Waals surface area contributed by atoms with E-state index in [1.165, 1.54) is 33.4 Å². The third-order valence-electron chi connectivity index (χ3n) is 6.17. The first-order valence-corrected chi connectivity index (χ1v) is 11.6. The molecule has 1 aromatic heterocycles. The molecule has 1 heterocycles. The molecule has 5 rings (SSSR count). The lowest BCUT2D eigenvalue weighted by Gasteiger charge is -2.17. The summed E-state index contributed by atoms with van der Waals surface area (Å²) in [5.41, 5.74) is 9.58. The van der Waals surface area contributed by atoms with Crippen molar-refractivity contribution in [2.24, 2.45) is 0 Å². The second kappa shape index (κ2) is 9.13. The van der Waals surface area contributed by atoms with Gasteiger partial charge in [-0.15, -0.1) is 0 Å². The Bertz CT molecular complexity index is 1410. The van der Waals surface area contributed by atoms with Crippen LogP contribution in [0.15, 0.2) is 103 Å². The number of aryl methyl sites for hydroxylation is 2. The summed E-state index contributed by atoms with van der Waals surface area (Å²) < 4.78 is 0. The second-order valence-electron chi connectivity index (χ2n) is 8.63. The number of H-pyrrole nitrogens is 1. The van der Waals surface area contributed by atoms with Crippen molar-refractivity contribution >= 4 is 28.6 Å². The Morgan fingerprint density at radius 1 is 0.758 bits per heavy atom. The number of nitrogens with one attached hydrogen (secondary N) is 1. The van der Waals surface area contributed by atoms with Crippen molar-refractivity contribution in [3.8, 4) is 11.3 Å². The summed E-state index contributed by atoms with van der Waals surface area (Å²) in [5, 5.41) is 1.90. The summed E-state index contributed by atoms with van der Waals surface area (Å²) in [6.07, 6.45) is 4.52. The van der Waals surface area contributed by atoms with Crippen LogP contribution in [0.5, 0.6) is 0 Å². The number of aromatic amines is 1. The van der Waals surface area contributed by atoms with Gasteiger partial charge < -0.3 is 4.98 Å². The lowest BCUT2D eigenvalue weighted by Crippen LogP contribution is -2.00. The Labute approximate surface area is 200 Å². The van der Waals surface area contributed by atoms with Crippen molar-refractivity contribution in [1.82, 2.24) is 4.98 Å². The Balaban J connectivity index is 1.76. The van der Waals surface area contributed by atoms with Crippen LogP contribution in [0.25, 0.3) is 28.2 Å². The van der Waals surface area contributed by atoms with E-state index in [-0.39, 0.29) is 5.92 Å². The number of aromatic nitrogens is 1.